The van der Waals surface area contributed by atoms with Gasteiger partial charge in [0.05, 0.1) is 35.0 Å². The maximum Gasteiger partial charge on any atom is 0.0863 e. The molecule has 2 aliphatic heterocycles. The molecule has 6 heteroatoms. The Kier molecular flexibility index (Phi) is 15.8. The Labute approximate surface area is 314 Å². The number of hydrogen-bond donors (Lipinski definition) is 2. The number of ether oxygens (including phenoxy) is 2. The number of hydrogen-bond acceptors (Lipinski definition) is 4. The number of aromatic amines is 2. The van der Waals surface area contributed by atoms with Gasteiger partial charge in [0, 0.05) is 58.5 Å². The predicted octanol–water partition coefficient (Wildman–Crippen LogP) is 13.4. The zero-order valence-corrected chi connectivity index (χ0v) is 33.2. The fourth-order valence-electron chi connectivity index (χ4n) is 7.95. The predicted molar refractivity (Wildman–Crippen MR) is 222 cm³/mol. The molecular weight excluding hydrogens is 641 g/mol. The van der Waals surface area contributed by atoms with E-state index in [1.807, 2.05) is 14.2 Å². The molecule has 0 fully saturated rings. The number of aromatic nitrogens is 4. The van der Waals surface area contributed by atoms with Crippen LogP contribution < -0.4 is 0 Å². The summed E-state index contributed by atoms with van der Waals surface area (Å²) < 4.78 is 12.6. The lowest BCUT2D eigenvalue weighted by Gasteiger charge is -2.17. The Morgan fingerprint density at radius 1 is 0.462 bits per heavy atom. The van der Waals surface area contributed by atoms with Crippen LogP contribution in [0.15, 0.2) is 24.3 Å². The normalized spacial score (nSPS) is 13.7. The summed E-state index contributed by atoms with van der Waals surface area (Å²) in [6.07, 6.45) is 29.2. The molecule has 2 unspecified atom stereocenters. The SMILES string of the molecule is CCCCCCc1c2nc(c(C(CCCCC)OC)c3nc(c(CCCCCC)c4ccc([nH]4)c(C(CCCCC)OC)c4ccc1[nH]4)C=C3)C=C2. The molecule has 6 nitrogen and oxygen atoms in total. The van der Waals surface area contributed by atoms with Crippen LogP contribution in [0.25, 0.3) is 46.4 Å². The van der Waals surface area contributed by atoms with Gasteiger partial charge in [0.2, 0.25) is 0 Å². The van der Waals surface area contributed by atoms with Crippen molar-refractivity contribution < 1.29 is 9.47 Å². The second kappa shape index (κ2) is 20.7. The van der Waals surface area contributed by atoms with Crippen LogP contribution in [-0.2, 0) is 22.3 Å². The van der Waals surface area contributed by atoms with Crippen LogP contribution in [0.3, 0.4) is 0 Å². The minimum absolute atomic E-state index is 0.0346. The molecule has 3 aromatic heterocycles. The highest BCUT2D eigenvalue weighted by Crippen LogP contribution is 2.36. The van der Waals surface area contributed by atoms with Crippen molar-refractivity contribution in [3.05, 3.63) is 69.3 Å². The van der Waals surface area contributed by atoms with Crippen molar-refractivity contribution in [1.29, 1.82) is 0 Å². The van der Waals surface area contributed by atoms with Crippen LogP contribution in [-0.4, -0.2) is 34.2 Å². The summed E-state index contributed by atoms with van der Waals surface area (Å²) in [5, 5.41) is 0. The smallest absolute Gasteiger partial charge is 0.0863 e. The molecule has 2 aliphatic rings. The first-order valence-electron chi connectivity index (χ1n) is 20.8. The van der Waals surface area contributed by atoms with Gasteiger partial charge in [-0.05, 0) is 87.1 Å². The van der Waals surface area contributed by atoms with E-state index in [1.165, 1.54) is 80.9 Å². The average Bonchev–Trinajstić information content (AvgIpc) is 4.00. The number of aryl methyl sites for hydroxylation is 2. The number of methoxy groups -OCH3 is 2. The van der Waals surface area contributed by atoms with Crippen LogP contribution in [0.4, 0.5) is 0 Å². The average molecular weight is 707 g/mol. The van der Waals surface area contributed by atoms with E-state index >= 15 is 0 Å². The lowest BCUT2D eigenvalue weighted by molar-refractivity contribution is 0.0925. The lowest BCUT2D eigenvalue weighted by atomic mass is 10.00. The van der Waals surface area contributed by atoms with Crippen molar-refractivity contribution in [2.45, 2.75) is 155 Å². The highest BCUT2D eigenvalue weighted by atomic mass is 16.5. The number of fused-ring (bicyclic) bond motifs is 8. The number of unbranched alkanes of at least 4 members (excludes halogenated alkanes) is 10. The number of H-pyrrole nitrogens is 2. The van der Waals surface area contributed by atoms with Crippen LogP contribution >= 0.6 is 0 Å². The maximum atomic E-state index is 6.31. The van der Waals surface area contributed by atoms with Crippen molar-refractivity contribution in [2.75, 3.05) is 14.2 Å². The fraction of sp³-hybridized carbons (Fsp3) is 0.565. The van der Waals surface area contributed by atoms with Gasteiger partial charge >= 0.3 is 0 Å². The monoisotopic (exact) mass is 707 g/mol. The summed E-state index contributed by atoms with van der Waals surface area (Å²) in [5.74, 6) is 0. The van der Waals surface area contributed by atoms with Gasteiger partial charge in [0.25, 0.3) is 0 Å². The van der Waals surface area contributed by atoms with E-state index in [9.17, 15) is 0 Å². The van der Waals surface area contributed by atoms with Gasteiger partial charge < -0.3 is 19.4 Å². The molecule has 2 N–H and O–H groups in total. The first-order valence-corrected chi connectivity index (χ1v) is 20.8. The molecule has 0 spiro atoms. The van der Waals surface area contributed by atoms with Crippen molar-refractivity contribution >= 4 is 46.4 Å². The molecule has 0 radical (unpaired) electrons. The summed E-state index contributed by atoms with van der Waals surface area (Å²) in [6, 6.07) is 9.06. The second-order valence-corrected chi connectivity index (χ2v) is 14.8. The molecule has 0 aromatic carbocycles. The van der Waals surface area contributed by atoms with E-state index in [2.05, 4.69) is 86.2 Å². The zero-order valence-electron chi connectivity index (χ0n) is 33.2. The number of nitrogens with one attached hydrogen (secondary N) is 2. The van der Waals surface area contributed by atoms with Crippen molar-refractivity contribution in [3.63, 3.8) is 0 Å². The molecule has 0 saturated carbocycles. The van der Waals surface area contributed by atoms with Crippen LogP contribution in [0.1, 0.15) is 188 Å². The minimum atomic E-state index is -0.0815. The topological polar surface area (TPSA) is 75.8 Å². The summed E-state index contributed by atoms with van der Waals surface area (Å²) in [7, 11) is 3.71. The number of nitrogens with zero attached hydrogens (tertiary/aromatic N) is 2. The van der Waals surface area contributed by atoms with E-state index in [4.69, 9.17) is 19.4 Å². The van der Waals surface area contributed by atoms with Gasteiger partial charge in [0.1, 0.15) is 0 Å². The highest BCUT2D eigenvalue weighted by Gasteiger charge is 2.23. The van der Waals surface area contributed by atoms with Crippen LogP contribution in [0, 0.1) is 0 Å². The summed E-state index contributed by atoms with van der Waals surface area (Å²) >= 11 is 0. The molecule has 0 amide bonds. The van der Waals surface area contributed by atoms with Gasteiger partial charge in [-0.15, -0.1) is 0 Å². The van der Waals surface area contributed by atoms with Crippen LogP contribution in [0.5, 0.6) is 0 Å². The van der Waals surface area contributed by atoms with Gasteiger partial charge in [0.15, 0.2) is 0 Å². The quantitative estimate of drug-likeness (QED) is 0.0703. The first kappa shape index (κ1) is 39.7. The third-order valence-electron chi connectivity index (χ3n) is 11.0. The molecule has 8 bridgehead atoms. The summed E-state index contributed by atoms with van der Waals surface area (Å²) in [5.41, 5.74) is 13.4. The fourth-order valence-corrected chi connectivity index (χ4v) is 7.95. The molecule has 5 rings (SSSR count). The third-order valence-corrected chi connectivity index (χ3v) is 11.0. The van der Waals surface area contributed by atoms with Gasteiger partial charge in [-0.2, -0.15) is 0 Å². The van der Waals surface area contributed by atoms with Gasteiger partial charge in [-0.3, -0.25) is 0 Å². The van der Waals surface area contributed by atoms with E-state index in [1.54, 1.807) is 0 Å². The van der Waals surface area contributed by atoms with E-state index in [0.717, 1.165) is 102 Å². The number of rotatable bonds is 22. The minimum Gasteiger partial charge on any atom is -0.377 e. The largest absolute Gasteiger partial charge is 0.377 e. The molecule has 3 aromatic rings. The molecule has 282 valence electrons. The Morgan fingerprint density at radius 3 is 1.27 bits per heavy atom. The standard InChI is InChI=1S/C46H66N4O2/c1-7-11-15-19-21-33-35-25-29-39(47-35)45(43(51-5)23-17-13-9-3)41-31-27-37(49-41)34(22-20-16-12-8-2)38-28-32-42(50-38)46(40-30-26-36(33)48-40)44(52-6)24-18-14-10-4/h25-32,43-44,47,49H,7-24H2,1-6H3. The maximum absolute atomic E-state index is 6.31. The van der Waals surface area contributed by atoms with Crippen molar-refractivity contribution in [1.82, 2.24) is 19.9 Å². The molecule has 0 saturated heterocycles. The Balaban J connectivity index is 1.84. The molecule has 2 atom stereocenters. The Bertz CT molecular complexity index is 1680. The van der Waals surface area contributed by atoms with Crippen LogP contribution in [0.2, 0.25) is 0 Å². The third kappa shape index (κ3) is 9.93. The van der Waals surface area contributed by atoms with Gasteiger partial charge in [-0.1, -0.05) is 105 Å². The molecule has 0 aliphatic carbocycles. The molecule has 52 heavy (non-hydrogen) atoms. The first-order chi connectivity index (χ1) is 25.6. The lowest BCUT2D eigenvalue weighted by Crippen LogP contribution is -2.07. The van der Waals surface area contributed by atoms with E-state index < -0.39 is 0 Å². The second-order valence-electron chi connectivity index (χ2n) is 14.8. The summed E-state index contributed by atoms with van der Waals surface area (Å²) in [6.45, 7) is 9.07. The van der Waals surface area contributed by atoms with Gasteiger partial charge in [-0.25, -0.2) is 9.97 Å². The highest BCUT2D eigenvalue weighted by molar-refractivity contribution is 5.83. The zero-order chi connectivity index (χ0) is 36.7. The van der Waals surface area contributed by atoms with E-state index in [-0.39, 0.29) is 12.2 Å². The van der Waals surface area contributed by atoms with E-state index in [0.29, 0.717) is 0 Å². The Hall–Kier alpha value is -3.48. The molecule has 5 heterocycles. The summed E-state index contributed by atoms with van der Waals surface area (Å²) in [4.78, 5) is 18.7. The van der Waals surface area contributed by atoms with Crippen molar-refractivity contribution in [2.24, 2.45) is 0 Å². The van der Waals surface area contributed by atoms with Crippen molar-refractivity contribution in [3.8, 4) is 0 Å². The Morgan fingerprint density at radius 2 is 0.846 bits per heavy atom. The molecular formula is C46H66N4O2.